The van der Waals surface area contributed by atoms with E-state index in [0.717, 1.165) is 25.0 Å². The van der Waals surface area contributed by atoms with Crippen molar-refractivity contribution in [3.05, 3.63) is 60.4 Å². The van der Waals surface area contributed by atoms with Gasteiger partial charge in [-0.1, -0.05) is 6.07 Å². The number of aryl methyl sites for hydroxylation is 1. The van der Waals surface area contributed by atoms with Crippen LogP contribution in [0, 0.1) is 11.6 Å². The minimum atomic E-state index is -0.659. The van der Waals surface area contributed by atoms with Gasteiger partial charge in [-0.25, -0.2) is 18.7 Å². The highest BCUT2D eigenvalue weighted by Crippen LogP contribution is 2.34. The first-order chi connectivity index (χ1) is 17.1. The Kier molecular flexibility index (Phi) is 7.16. The maximum Gasteiger partial charge on any atom is 0.227 e. The van der Waals surface area contributed by atoms with Gasteiger partial charge in [0.1, 0.15) is 11.5 Å². The van der Waals surface area contributed by atoms with Crippen LogP contribution in [0.15, 0.2) is 48.8 Å². The van der Waals surface area contributed by atoms with Gasteiger partial charge in [0.15, 0.2) is 5.82 Å². The van der Waals surface area contributed by atoms with Crippen molar-refractivity contribution in [3.63, 3.8) is 0 Å². The summed E-state index contributed by atoms with van der Waals surface area (Å²) in [4.78, 5) is 24.4. The first-order valence-electron chi connectivity index (χ1n) is 11.4. The number of halogens is 2. The number of carbonyl (C=O) groups is 1. The predicted molar refractivity (Wildman–Crippen MR) is 140 cm³/mol. The van der Waals surface area contributed by atoms with Gasteiger partial charge in [-0.2, -0.15) is 0 Å². The molecule has 1 amide bonds. The smallest absolute Gasteiger partial charge is 0.227 e. The number of aromatic nitrogens is 3. The summed E-state index contributed by atoms with van der Waals surface area (Å²) in [5.74, 6) is -1.17. The zero-order valence-electron chi connectivity index (χ0n) is 20.9. The summed E-state index contributed by atoms with van der Waals surface area (Å²) in [6.07, 6.45) is 2.71. The quantitative estimate of drug-likeness (QED) is 0.373. The lowest BCUT2D eigenvalue weighted by Gasteiger charge is -2.24. The molecule has 36 heavy (non-hydrogen) atoms. The van der Waals surface area contributed by atoms with Gasteiger partial charge >= 0.3 is 0 Å². The fourth-order valence-corrected chi connectivity index (χ4v) is 4.03. The molecule has 0 aliphatic rings. The normalized spacial score (nSPS) is 11.2. The Labute approximate surface area is 208 Å². The van der Waals surface area contributed by atoms with E-state index >= 15 is 0 Å². The molecule has 2 N–H and O–H groups in total. The van der Waals surface area contributed by atoms with Gasteiger partial charge in [-0.3, -0.25) is 4.79 Å². The maximum atomic E-state index is 14.8. The Morgan fingerprint density at radius 2 is 1.86 bits per heavy atom. The molecule has 0 aliphatic carbocycles. The zero-order chi connectivity index (χ0) is 26.0. The zero-order valence-corrected chi connectivity index (χ0v) is 20.9. The van der Waals surface area contributed by atoms with E-state index in [-0.39, 0.29) is 17.5 Å². The number of nitrogens with zero attached hydrogens (tertiary/aromatic N) is 5. The first-order valence-corrected chi connectivity index (χ1v) is 11.4. The lowest BCUT2D eigenvalue weighted by molar-refractivity contribution is -0.114. The van der Waals surface area contributed by atoms with E-state index in [1.807, 2.05) is 33.3 Å². The molecule has 0 saturated carbocycles. The van der Waals surface area contributed by atoms with Crippen LogP contribution in [0.2, 0.25) is 0 Å². The van der Waals surface area contributed by atoms with E-state index in [9.17, 15) is 13.6 Å². The predicted octanol–water partition coefficient (Wildman–Crippen LogP) is 4.61. The number of carbonyl (C=O) groups excluding carboxylic acids is 1. The highest BCUT2D eigenvalue weighted by Gasteiger charge is 2.18. The third-order valence-corrected chi connectivity index (χ3v) is 5.82. The Balaban J connectivity index is 1.68. The molecule has 0 radical (unpaired) electrons. The molecule has 8 nitrogen and oxygen atoms in total. The van der Waals surface area contributed by atoms with Crippen LogP contribution >= 0.6 is 0 Å². The van der Waals surface area contributed by atoms with Crippen molar-refractivity contribution in [2.24, 2.45) is 7.05 Å². The lowest BCUT2D eigenvalue weighted by Crippen LogP contribution is -2.29. The highest BCUT2D eigenvalue weighted by molar-refractivity contribution is 5.96. The van der Waals surface area contributed by atoms with Crippen molar-refractivity contribution in [3.8, 4) is 11.3 Å². The Hall–Kier alpha value is -4.05. The number of hydrogen-bond acceptors (Lipinski definition) is 6. The molecule has 0 unspecified atom stereocenters. The van der Waals surface area contributed by atoms with E-state index in [1.165, 1.54) is 13.0 Å². The molecule has 188 valence electrons. The van der Waals surface area contributed by atoms with Gasteiger partial charge in [0.05, 0.1) is 23.1 Å². The number of hydrogen-bond donors (Lipinski definition) is 2. The van der Waals surface area contributed by atoms with Crippen LogP contribution in [0.4, 0.5) is 31.8 Å². The lowest BCUT2D eigenvalue weighted by atomic mass is 10.1. The molecule has 2 aromatic carbocycles. The van der Waals surface area contributed by atoms with Crippen LogP contribution in [0.5, 0.6) is 0 Å². The summed E-state index contributed by atoms with van der Waals surface area (Å²) in [5, 5.41) is 6.23. The molecule has 0 aliphatic heterocycles. The van der Waals surface area contributed by atoms with Crippen LogP contribution in [-0.2, 0) is 11.8 Å². The molecule has 10 heteroatoms. The van der Waals surface area contributed by atoms with Crippen LogP contribution in [0.1, 0.15) is 6.92 Å². The average molecular weight is 494 g/mol. The van der Waals surface area contributed by atoms with Crippen molar-refractivity contribution >= 4 is 39.8 Å². The molecule has 0 fully saturated rings. The van der Waals surface area contributed by atoms with E-state index in [1.54, 1.807) is 36.0 Å². The number of anilines is 4. The summed E-state index contributed by atoms with van der Waals surface area (Å²) >= 11 is 0. The minimum Gasteiger partial charge on any atom is -0.372 e. The molecule has 0 atom stereocenters. The second-order valence-electron chi connectivity index (χ2n) is 8.94. The first kappa shape index (κ1) is 25.1. The van der Waals surface area contributed by atoms with Crippen LogP contribution in [0.25, 0.3) is 22.2 Å². The van der Waals surface area contributed by atoms with Gasteiger partial charge in [0.25, 0.3) is 0 Å². The topological polar surface area (TPSA) is 78.3 Å². The molecule has 2 heterocycles. The number of fused-ring (bicyclic) bond motifs is 1. The molecule has 0 spiro atoms. The Morgan fingerprint density at radius 1 is 1.08 bits per heavy atom. The van der Waals surface area contributed by atoms with Crippen LogP contribution in [-0.4, -0.2) is 59.6 Å². The number of likely N-dealkylation sites (N-methyl/N-ethyl adjacent to an activating group) is 2. The van der Waals surface area contributed by atoms with Gasteiger partial charge in [0, 0.05) is 56.9 Å². The summed E-state index contributed by atoms with van der Waals surface area (Å²) < 4.78 is 31.2. The SMILES string of the molecule is CC(=O)Nc1cc(Nc2ncc(F)c(-c3cn(C)c4cccc(F)c34)n2)ccc1N(C)CCN(C)C. The molecular weight excluding hydrogens is 464 g/mol. The van der Waals surface area contributed by atoms with E-state index in [0.29, 0.717) is 27.8 Å². The van der Waals surface area contributed by atoms with Gasteiger partial charge in [-0.05, 0) is 44.4 Å². The van der Waals surface area contributed by atoms with Gasteiger partial charge < -0.3 is 25.0 Å². The molecule has 0 saturated heterocycles. The maximum absolute atomic E-state index is 14.8. The molecular formula is C26H29F2N7O. The molecule has 4 rings (SSSR count). The summed E-state index contributed by atoms with van der Waals surface area (Å²) in [6, 6.07) is 10.2. The van der Waals surface area contributed by atoms with Crippen molar-refractivity contribution in [1.82, 2.24) is 19.4 Å². The second-order valence-corrected chi connectivity index (χ2v) is 8.94. The second kappa shape index (κ2) is 10.3. The number of benzene rings is 2. The van der Waals surface area contributed by atoms with Crippen molar-refractivity contribution in [2.75, 3.05) is 49.8 Å². The van der Waals surface area contributed by atoms with E-state index in [4.69, 9.17) is 0 Å². The molecule has 2 aromatic heterocycles. The minimum absolute atomic E-state index is 0.00896. The fourth-order valence-electron chi connectivity index (χ4n) is 4.03. The standard InChI is InChI=1S/C26H29F2N7O/c1-16(36)30-21-13-17(9-10-22(21)34(4)12-11-33(2)3)31-26-29-14-20(28)25(32-26)18-15-35(5)23-8-6-7-19(27)24(18)23/h6-10,13-15H,11-12H2,1-5H3,(H,30,36)(H,29,31,32). The fraction of sp³-hybridized carbons (Fsp3) is 0.269. The number of rotatable bonds is 8. The Morgan fingerprint density at radius 3 is 2.58 bits per heavy atom. The Bertz CT molecular complexity index is 1420. The van der Waals surface area contributed by atoms with Crippen molar-refractivity contribution in [2.45, 2.75) is 6.92 Å². The molecule has 4 aromatic rings. The van der Waals surface area contributed by atoms with Crippen molar-refractivity contribution < 1.29 is 13.6 Å². The van der Waals surface area contributed by atoms with Gasteiger partial charge in [-0.15, -0.1) is 0 Å². The van der Waals surface area contributed by atoms with Crippen LogP contribution < -0.4 is 15.5 Å². The van der Waals surface area contributed by atoms with Crippen molar-refractivity contribution in [1.29, 1.82) is 0 Å². The van der Waals surface area contributed by atoms with E-state index in [2.05, 4.69) is 30.4 Å². The largest absolute Gasteiger partial charge is 0.372 e. The summed E-state index contributed by atoms with van der Waals surface area (Å²) in [7, 11) is 7.72. The average Bonchev–Trinajstić information content (AvgIpc) is 3.16. The third-order valence-electron chi connectivity index (χ3n) is 5.82. The molecule has 0 bridgehead atoms. The van der Waals surface area contributed by atoms with E-state index < -0.39 is 11.6 Å². The highest BCUT2D eigenvalue weighted by atomic mass is 19.1. The monoisotopic (exact) mass is 493 g/mol. The summed E-state index contributed by atoms with van der Waals surface area (Å²) in [6.45, 7) is 3.05. The van der Waals surface area contributed by atoms with Gasteiger partial charge in [0.2, 0.25) is 11.9 Å². The third kappa shape index (κ3) is 5.28. The van der Waals surface area contributed by atoms with Crippen LogP contribution in [0.3, 0.4) is 0 Å². The number of amides is 1. The number of nitrogens with one attached hydrogen (secondary N) is 2. The summed E-state index contributed by atoms with van der Waals surface area (Å²) in [5.41, 5.74) is 3.03.